The Kier molecular flexibility index (Phi) is 6.05. The van der Waals surface area contributed by atoms with Gasteiger partial charge >= 0.3 is 0 Å². The minimum atomic E-state index is -0.641. The quantitative estimate of drug-likeness (QED) is 0.374. The summed E-state index contributed by atoms with van der Waals surface area (Å²) in [4.78, 5) is 0. The predicted octanol–water partition coefficient (Wildman–Crippen LogP) is 3.05. The highest BCUT2D eigenvalue weighted by Gasteiger charge is 2.02. The van der Waals surface area contributed by atoms with E-state index in [2.05, 4.69) is 41.4 Å². The van der Waals surface area contributed by atoms with Gasteiger partial charge in [-0.15, -0.1) is 21.8 Å². The second kappa shape index (κ2) is 5.54. The van der Waals surface area contributed by atoms with Crippen LogP contribution in [0.1, 0.15) is 12.8 Å². The summed E-state index contributed by atoms with van der Waals surface area (Å²) in [5.74, 6) is 0. The predicted molar refractivity (Wildman–Crippen MR) is 57.4 cm³/mol. The maximum atomic E-state index is 4.94. The number of halogens is 1. The van der Waals surface area contributed by atoms with Crippen molar-refractivity contribution in [3.8, 4) is 0 Å². The molecule has 0 N–H and O–H groups in total. The molecule has 1 heterocycles. The Morgan fingerprint density at radius 3 is 1.50 bits per heavy atom. The molecule has 3 heteroatoms. The number of rotatable bonds is 0. The highest BCUT2D eigenvalue weighted by atomic mass is 127. The van der Waals surface area contributed by atoms with Gasteiger partial charge in [-0.25, -0.2) is 0 Å². The maximum Gasteiger partial charge on any atom is 0.116 e. The molecular formula is C7H17IOSi. The van der Waals surface area contributed by atoms with Gasteiger partial charge in [0.1, 0.15) is 5.57 Å². The van der Waals surface area contributed by atoms with Gasteiger partial charge in [0.25, 0.3) is 0 Å². The third-order valence-electron chi connectivity index (χ3n) is 0.827. The molecule has 1 aliphatic rings. The summed E-state index contributed by atoms with van der Waals surface area (Å²) in [5.41, 5.74) is -0.641. The van der Waals surface area contributed by atoms with Crippen LogP contribution >= 0.6 is 21.8 Å². The van der Waals surface area contributed by atoms with E-state index in [1.165, 1.54) is 12.8 Å². The first-order chi connectivity index (χ1) is 4.50. The molecule has 0 saturated carbocycles. The molecular weight excluding hydrogens is 255 g/mol. The Bertz CT molecular complexity index is 62.6. The number of ether oxygens (including phenoxy) is 1. The van der Waals surface area contributed by atoms with E-state index < -0.39 is 5.57 Å². The first kappa shape index (κ1) is 10.9. The average molecular weight is 272 g/mol. The second-order valence-electron chi connectivity index (χ2n) is 3.39. The van der Waals surface area contributed by atoms with Crippen LogP contribution in [-0.4, -0.2) is 18.8 Å². The van der Waals surface area contributed by atoms with E-state index in [-0.39, 0.29) is 0 Å². The fourth-order valence-electron chi connectivity index (χ4n) is 0.510. The van der Waals surface area contributed by atoms with Crippen LogP contribution in [0.3, 0.4) is 0 Å². The van der Waals surface area contributed by atoms with Gasteiger partial charge in [0.05, 0.1) is 0 Å². The number of hydrogen-bond acceptors (Lipinski definition) is 1. The fraction of sp³-hybridized carbons (Fsp3) is 1.00. The van der Waals surface area contributed by atoms with Crippen LogP contribution in [0.4, 0.5) is 0 Å². The van der Waals surface area contributed by atoms with Crippen LogP contribution in [-0.2, 0) is 4.74 Å². The lowest BCUT2D eigenvalue weighted by molar-refractivity contribution is 0.198. The average Bonchev–Trinajstić information content (AvgIpc) is 2.07. The fourth-order valence-corrected chi connectivity index (χ4v) is 0.510. The summed E-state index contributed by atoms with van der Waals surface area (Å²) in [6, 6.07) is 0. The summed E-state index contributed by atoms with van der Waals surface area (Å²) in [6.45, 7) is 8.94. The van der Waals surface area contributed by atoms with E-state index in [1.807, 2.05) is 0 Å². The SMILES string of the molecule is C1CCOC1.C[Si](C)(C)I. The zero-order chi connectivity index (χ0) is 8.04. The van der Waals surface area contributed by atoms with Crippen molar-refractivity contribution in [3.05, 3.63) is 0 Å². The van der Waals surface area contributed by atoms with Gasteiger partial charge in [-0.2, -0.15) is 0 Å². The maximum absolute atomic E-state index is 4.94. The zero-order valence-corrected chi connectivity index (χ0v) is 10.3. The summed E-state index contributed by atoms with van der Waals surface area (Å²) in [6.07, 6.45) is 2.56. The molecule has 0 aromatic rings. The van der Waals surface area contributed by atoms with Gasteiger partial charge in [0.15, 0.2) is 0 Å². The van der Waals surface area contributed by atoms with Gasteiger partial charge in [-0.05, 0) is 12.8 Å². The molecule has 0 aliphatic carbocycles. The number of hydrogen-bond donors (Lipinski definition) is 0. The molecule has 0 bridgehead atoms. The molecule has 0 radical (unpaired) electrons. The molecule has 10 heavy (non-hydrogen) atoms. The molecule has 1 fully saturated rings. The summed E-state index contributed by atoms with van der Waals surface area (Å²) in [5, 5.41) is 0. The molecule has 1 aliphatic heterocycles. The lowest BCUT2D eigenvalue weighted by Gasteiger charge is -1.98. The Morgan fingerprint density at radius 1 is 1.10 bits per heavy atom. The van der Waals surface area contributed by atoms with Crippen LogP contribution in [0, 0.1) is 0 Å². The van der Waals surface area contributed by atoms with E-state index in [0.29, 0.717) is 0 Å². The molecule has 0 aromatic heterocycles. The van der Waals surface area contributed by atoms with Crippen LogP contribution in [0.15, 0.2) is 0 Å². The molecule has 62 valence electrons. The van der Waals surface area contributed by atoms with Gasteiger partial charge < -0.3 is 4.74 Å². The molecule has 0 unspecified atom stereocenters. The molecule has 1 nitrogen and oxygen atoms in total. The van der Waals surface area contributed by atoms with Gasteiger partial charge in [0, 0.05) is 13.2 Å². The molecule has 1 saturated heterocycles. The molecule has 0 atom stereocenters. The van der Waals surface area contributed by atoms with E-state index in [4.69, 9.17) is 4.74 Å². The third-order valence-corrected chi connectivity index (χ3v) is 0.827. The van der Waals surface area contributed by atoms with Crippen molar-refractivity contribution in [2.45, 2.75) is 32.5 Å². The van der Waals surface area contributed by atoms with Crippen molar-refractivity contribution in [1.29, 1.82) is 0 Å². The highest BCUT2D eigenvalue weighted by Crippen LogP contribution is 2.08. The molecule has 0 aromatic carbocycles. The van der Waals surface area contributed by atoms with Crippen molar-refractivity contribution in [1.82, 2.24) is 0 Å². The van der Waals surface area contributed by atoms with Crippen molar-refractivity contribution >= 4 is 27.4 Å². The lowest BCUT2D eigenvalue weighted by atomic mass is 10.4. The summed E-state index contributed by atoms with van der Waals surface area (Å²) < 4.78 is 4.94. The third kappa shape index (κ3) is 16.0. The van der Waals surface area contributed by atoms with Gasteiger partial charge in [0.2, 0.25) is 0 Å². The van der Waals surface area contributed by atoms with Crippen molar-refractivity contribution in [3.63, 3.8) is 0 Å². The largest absolute Gasteiger partial charge is 0.381 e. The summed E-state index contributed by atoms with van der Waals surface area (Å²) >= 11 is 2.52. The van der Waals surface area contributed by atoms with Crippen LogP contribution in [0.25, 0.3) is 0 Å². The van der Waals surface area contributed by atoms with Crippen LogP contribution < -0.4 is 0 Å². The van der Waals surface area contributed by atoms with Gasteiger partial charge in [-0.3, -0.25) is 0 Å². The Balaban J connectivity index is 0.000000162. The standard InChI is InChI=1S/C4H8O.C3H9ISi/c1-2-4-5-3-1;1-5(2,3)4/h1-4H2;1-3H3. The lowest BCUT2D eigenvalue weighted by Crippen LogP contribution is -2.05. The zero-order valence-electron chi connectivity index (χ0n) is 7.11. The first-order valence-electron chi connectivity index (χ1n) is 3.77. The monoisotopic (exact) mass is 272 g/mol. The minimum Gasteiger partial charge on any atom is -0.381 e. The van der Waals surface area contributed by atoms with E-state index in [0.717, 1.165) is 13.2 Å². The van der Waals surface area contributed by atoms with Crippen molar-refractivity contribution < 1.29 is 4.74 Å². The Labute approximate surface area is 77.8 Å². The second-order valence-corrected chi connectivity index (χ2v) is 17.2. The molecule has 1 rings (SSSR count). The topological polar surface area (TPSA) is 9.23 Å². The van der Waals surface area contributed by atoms with E-state index in [1.54, 1.807) is 0 Å². The van der Waals surface area contributed by atoms with Crippen molar-refractivity contribution in [2.24, 2.45) is 0 Å². The normalized spacial score (nSPS) is 18.0. The first-order valence-corrected chi connectivity index (χ1v) is 10.4. The Hall–Kier alpha value is 0.907. The minimum absolute atomic E-state index is 0.641. The van der Waals surface area contributed by atoms with Crippen LogP contribution in [0.5, 0.6) is 0 Å². The highest BCUT2D eigenvalue weighted by molar-refractivity contribution is 14.1. The van der Waals surface area contributed by atoms with E-state index in [9.17, 15) is 0 Å². The summed E-state index contributed by atoms with van der Waals surface area (Å²) in [7, 11) is 0. The Morgan fingerprint density at radius 2 is 1.40 bits per heavy atom. The van der Waals surface area contributed by atoms with Gasteiger partial charge in [-0.1, -0.05) is 19.6 Å². The molecule has 0 spiro atoms. The van der Waals surface area contributed by atoms with E-state index >= 15 is 0 Å². The van der Waals surface area contributed by atoms with Crippen LogP contribution in [0.2, 0.25) is 19.6 Å². The molecule has 0 amide bonds. The van der Waals surface area contributed by atoms with Crippen molar-refractivity contribution in [2.75, 3.05) is 13.2 Å². The smallest absolute Gasteiger partial charge is 0.116 e.